The summed E-state index contributed by atoms with van der Waals surface area (Å²) in [4.78, 5) is 9.80. The van der Waals surface area contributed by atoms with E-state index in [1.54, 1.807) is 5.32 Å². The van der Waals surface area contributed by atoms with Crippen LogP contribution in [0.4, 0.5) is 0 Å². The number of carbonyl (C=O) groups is 1. The Kier molecular flexibility index (Phi) is 5.21. The van der Waals surface area contributed by atoms with Gasteiger partial charge in [-0.25, -0.2) is 0 Å². The van der Waals surface area contributed by atoms with E-state index in [9.17, 15) is 9.90 Å². The summed E-state index contributed by atoms with van der Waals surface area (Å²) in [6, 6.07) is 0. The average molecular weight is 130 g/mol. The van der Waals surface area contributed by atoms with Crippen molar-refractivity contribution in [1.29, 1.82) is 0 Å². The second-order valence-corrected chi connectivity index (χ2v) is 1.86. The molecule has 0 aliphatic carbocycles. The van der Waals surface area contributed by atoms with Gasteiger partial charge < -0.3 is 22.1 Å². The third kappa shape index (κ3) is 7.43. The van der Waals surface area contributed by atoms with Gasteiger partial charge >= 0.3 is 0 Å². The van der Waals surface area contributed by atoms with Crippen molar-refractivity contribution in [2.24, 2.45) is 0 Å². The number of hydrogen-bond donors (Lipinski definition) is 1. The monoisotopic (exact) mass is 130 g/mol. The van der Waals surface area contributed by atoms with Crippen LogP contribution in [-0.4, -0.2) is 19.1 Å². The molecular weight excluding hydrogens is 118 g/mol. The number of hydrogen-bond acceptors (Lipinski definition) is 2. The Morgan fingerprint density at radius 1 is 1.67 bits per heavy atom. The van der Waals surface area contributed by atoms with Crippen LogP contribution in [0.15, 0.2) is 0 Å². The van der Waals surface area contributed by atoms with Gasteiger partial charge in [0.25, 0.3) is 0 Å². The molecule has 0 saturated heterocycles. The topological polar surface area (TPSA) is 56.7 Å². The number of carboxylic acid groups (broad SMARTS) is 1. The molecule has 3 heteroatoms. The maximum absolute atomic E-state index is 9.80. The zero-order valence-corrected chi connectivity index (χ0v) is 5.43. The highest BCUT2D eigenvalue weighted by Crippen LogP contribution is 1.76. The molecule has 2 N–H and O–H groups in total. The smallest absolute Gasteiger partial charge is 0.116 e. The van der Waals surface area contributed by atoms with Crippen LogP contribution >= 0.6 is 0 Å². The Balaban J connectivity index is 2.83. The molecule has 0 bridgehead atoms. The summed E-state index contributed by atoms with van der Waals surface area (Å²) in [6.45, 7) is 4.52. The molecule has 0 heterocycles. The molecule has 54 valence electrons. The van der Waals surface area contributed by atoms with Crippen LogP contribution in [0.25, 0.3) is 0 Å². The zero-order valence-electron chi connectivity index (χ0n) is 5.43. The van der Waals surface area contributed by atoms with Gasteiger partial charge in [-0.15, -0.1) is 0 Å². The molecular formula is C6H12NO2-. The van der Waals surface area contributed by atoms with Crippen molar-refractivity contribution in [3.63, 3.8) is 0 Å². The second kappa shape index (κ2) is 5.56. The van der Waals surface area contributed by atoms with Crippen molar-refractivity contribution in [3.8, 4) is 0 Å². The van der Waals surface area contributed by atoms with Crippen molar-refractivity contribution in [3.05, 3.63) is 6.92 Å². The minimum absolute atomic E-state index is 0.0694. The van der Waals surface area contributed by atoms with Crippen molar-refractivity contribution >= 4 is 5.97 Å². The molecule has 0 aliphatic rings. The number of carboxylic acids is 1. The van der Waals surface area contributed by atoms with Crippen LogP contribution in [0, 0.1) is 6.92 Å². The lowest BCUT2D eigenvalue weighted by Crippen LogP contribution is -2.87. The molecule has 0 radical (unpaired) electrons. The summed E-state index contributed by atoms with van der Waals surface area (Å²) in [7, 11) is 0. The van der Waals surface area contributed by atoms with Crippen molar-refractivity contribution < 1.29 is 15.2 Å². The molecule has 0 amide bonds. The fraction of sp³-hybridized carbons (Fsp3) is 0.667. The lowest BCUT2D eigenvalue weighted by Gasteiger charge is -2.00. The fourth-order valence-electron chi connectivity index (χ4n) is 0.509. The van der Waals surface area contributed by atoms with Gasteiger partial charge in [-0.2, -0.15) is 6.42 Å². The molecule has 0 spiro atoms. The fourth-order valence-corrected chi connectivity index (χ4v) is 0.509. The molecule has 0 aromatic carbocycles. The predicted molar refractivity (Wildman–Crippen MR) is 31.3 cm³/mol. The molecule has 0 saturated carbocycles. The number of nitrogens with two attached hydrogens (primary N) is 1. The van der Waals surface area contributed by atoms with Crippen LogP contribution in [0.3, 0.4) is 0 Å². The van der Waals surface area contributed by atoms with Gasteiger partial charge in [-0.05, 0) is 6.42 Å². The number of quaternary nitrogens is 1. The highest BCUT2D eigenvalue weighted by Gasteiger charge is 1.86. The molecule has 9 heavy (non-hydrogen) atoms. The first-order chi connectivity index (χ1) is 4.27. The Hall–Kier alpha value is -0.570. The lowest BCUT2D eigenvalue weighted by molar-refractivity contribution is -0.650. The van der Waals surface area contributed by atoms with E-state index < -0.39 is 5.97 Å². The normalized spacial score (nSPS) is 9.44. The van der Waals surface area contributed by atoms with Crippen molar-refractivity contribution in [2.45, 2.75) is 12.8 Å². The average Bonchev–Trinajstić information content (AvgIpc) is 1.80. The van der Waals surface area contributed by atoms with Gasteiger partial charge in [0.05, 0.1) is 12.5 Å². The van der Waals surface area contributed by atoms with Gasteiger partial charge in [0.1, 0.15) is 6.54 Å². The van der Waals surface area contributed by atoms with Crippen LogP contribution in [0.1, 0.15) is 12.8 Å². The highest BCUT2D eigenvalue weighted by atomic mass is 16.4. The van der Waals surface area contributed by atoms with E-state index in [0.717, 1.165) is 19.4 Å². The van der Waals surface area contributed by atoms with Crippen molar-refractivity contribution in [2.75, 3.05) is 13.1 Å². The predicted octanol–water partition coefficient (Wildman–Crippen LogP) is -2.09. The Labute approximate surface area is 55.1 Å². The van der Waals surface area contributed by atoms with E-state index in [4.69, 9.17) is 0 Å². The minimum atomic E-state index is -1.00. The molecule has 0 atom stereocenters. The summed E-state index contributed by atoms with van der Waals surface area (Å²) in [6.07, 6.45) is 1.83. The third-order valence-corrected chi connectivity index (χ3v) is 0.969. The van der Waals surface area contributed by atoms with E-state index in [1.165, 1.54) is 0 Å². The van der Waals surface area contributed by atoms with Gasteiger partial charge in [0.2, 0.25) is 0 Å². The Bertz CT molecular complexity index is 83.1. The van der Waals surface area contributed by atoms with E-state index >= 15 is 0 Å². The van der Waals surface area contributed by atoms with E-state index in [2.05, 4.69) is 6.92 Å². The zero-order chi connectivity index (χ0) is 7.11. The first-order valence-electron chi connectivity index (χ1n) is 3.08. The quantitative estimate of drug-likeness (QED) is 0.343. The Morgan fingerprint density at radius 3 is 2.78 bits per heavy atom. The summed E-state index contributed by atoms with van der Waals surface area (Å²) in [5, 5.41) is 11.5. The van der Waals surface area contributed by atoms with Gasteiger partial charge in [0, 0.05) is 0 Å². The number of carbonyl (C=O) groups excluding carboxylic acids is 1. The molecule has 0 aliphatic heterocycles. The SMILES string of the molecule is [CH2-]CCC[NH2+]CC(=O)[O-]. The van der Waals surface area contributed by atoms with Gasteiger partial charge in [0.15, 0.2) is 0 Å². The maximum Gasteiger partial charge on any atom is 0.116 e. The van der Waals surface area contributed by atoms with E-state index in [-0.39, 0.29) is 6.54 Å². The van der Waals surface area contributed by atoms with E-state index in [1.807, 2.05) is 0 Å². The van der Waals surface area contributed by atoms with Crippen molar-refractivity contribution in [1.82, 2.24) is 0 Å². The summed E-state index contributed by atoms with van der Waals surface area (Å²) >= 11 is 0. The number of aliphatic carboxylic acids is 1. The first kappa shape index (κ1) is 8.43. The summed E-state index contributed by atoms with van der Waals surface area (Å²) < 4.78 is 0. The van der Waals surface area contributed by atoms with Crippen LogP contribution in [-0.2, 0) is 4.79 Å². The van der Waals surface area contributed by atoms with E-state index in [0.29, 0.717) is 0 Å². The van der Waals surface area contributed by atoms with Gasteiger partial charge in [-0.3, -0.25) is 0 Å². The summed E-state index contributed by atoms with van der Waals surface area (Å²) in [5.41, 5.74) is 0. The second-order valence-electron chi connectivity index (χ2n) is 1.86. The lowest BCUT2D eigenvalue weighted by atomic mass is 10.3. The maximum atomic E-state index is 9.80. The van der Waals surface area contributed by atoms with Crippen LogP contribution in [0.5, 0.6) is 0 Å². The molecule has 0 aromatic rings. The first-order valence-corrected chi connectivity index (χ1v) is 3.08. The largest absolute Gasteiger partial charge is 0.544 e. The molecule has 0 fully saturated rings. The third-order valence-electron chi connectivity index (χ3n) is 0.969. The standard InChI is InChI=1S/C6H12NO2/c1-2-3-4-7-5-6(8)9/h7H,1-5H2,(H,8,9)/q-1. The molecule has 3 nitrogen and oxygen atoms in total. The Morgan fingerprint density at radius 2 is 2.33 bits per heavy atom. The molecule has 0 unspecified atom stereocenters. The molecule has 0 aromatic heterocycles. The highest BCUT2D eigenvalue weighted by molar-refractivity contribution is 5.64. The number of rotatable bonds is 5. The minimum Gasteiger partial charge on any atom is -0.544 e. The van der Waals surface area contributed by atoms with Crippen LogP contribution < -0.4 is 10.4 Å². The molecule has 0 rings (SSSR count). The van der Waals surface area contributed by atoms with Crippen LogP contribution in [0.2, 0.25) is 0 Å². The summed E-state index contributed by atoms with van der Waals surface area (Å²) in [5.74, 6) is -1.00. The number of unbranched alkanes of at least 4 members (excludes halogenated alkanes) is 1. The van der Waals surface area contributed by atoms with Gasteiger partial charge in [-0.1, -0.05) is 0 Å².